The fraction of sp³-hybridized carbons (Fsp3) is 0.211. The minimum atomic E-state index is -0.385. The topological polar surface area (TPSA) is 71.3 Å². The SMILES string of the molecule is CC1=CC(C)=N/C1=C(/c1ccc([N+](=O)[O-])cc1)c1[nH]c(C)cc1C. The number of aromatic amines is 1. The molecule has 0 atom stereocenters. The van der Waals surface area contributed by atoms with E-state index in [0.717, 1.165) is 45.1 Å². The van der Waals surface area contributed by atoms with E-state index in [2.05, 4.69) is 23.0 Å². The lowest BCUT2D eigenvalue weighted by atomic mass is 9.96. The highest BCUT2D eigenvalue weighted by molar-refractivity contribution is 6.01. The first-order valence-electron chi connectivity index (χ1n) is 7.76. The molecule has 1 aliphatic heterocycles. The quantitative estimate of drug-likeness (QED) is 0.656. The molecular formula is C19H19N3O2. The highest BCUT2D eigenvalue weighted by atomic mass is 16.6. The summed E-state index contributed by atoms with van der Waals surface area (Å²) in [6.45, 7) is 8.07. The average Bonchev–Trinajstić information content (AvgIpc) is 3.02. The lowest BCUT2D eigenvalue weighted by Crippen LogP contribution is -1.97. The van der Waals surface area contributed by atoms with Gasteiger partial charge in [-0.1, -0.05) is 0 Å². The van der Waals surface area contributed by atoms with Crippen LogP contribution >= 0.6 is 0 Å². The summed E-state index contributed by atoms with van der Waals surface area (Å²) in [6.07, 6.45) is 2.05. The molecule has 5 nitrogen and oxygen atoms in total. The number of aryl methyl sites for hydroxylation is 2. The number of hydrogen-bond acceptors (Lipinski definition) is 3. The molecule has 0 saturated carbocycles. The molecule has 2 aromatic rings. The lowest BCUT2D eigenvalue weighted by molar-refractivity contribution is -0.384. The van der Waals surface area contributed by atoms with Crippen LogP contribution in [-0.2, 0) is 0 Å². The van der Waals surface area contributed by atoms with Crippen molar-refractivity contribution in [3.63, 3.8) is 0 Å². The number of rotatable bonds is 3. The number of aliphatic imine (C=N–C) groups is 1. The second-order valence-corrected chi connectivity index (χ2v) is 6.12. The zero-order valence-electron chi connectivity index (χ0n) is 14.2. The van der Waals surface area contributed by atoms with Gasteiger partial charge in [0, 0.05) is 29.1 Å². The number of benzene rings is 1. The van der Waals surface area contributed by atoms with Crippen molar-refractivity contribution in [2.24, 2.45) is 4.99 Å². The van der Waals surface area contributed by atoms with Crippen LogP contribution in [0.2, 0.25) is 0 Å². The number of nitro benzene ring substituents is 1. The molecule has 0 radical (unpaired) electrons. The Kier molecular flexibility index (Phi) is 3.93. The Labute approximate surface area is 140 Å². The Morgan fingerprint density at radius 1 is 1.12 bits per heavy atom. The summed E-state index contributed by atoms with van der Waals surface area (Å²) in [6, 6.07) is 8.72. The monoisotopic (exact) mass is 321 g/mol. The Bertz CT molecular complexity index is 913. The third-order valence-corrected chi connectivity index (χ3v) is 4.09. The second-order valence-electron chi connectivity index (χ2n) is 6.12. The second kappa shape index (κ2) is 5.92. The van der Waals surface area contributed by atoms with E-state index in [0.29, 0.717) is 0 Å². The van der Waals surface area contributed by atoms with Gasteiger partial charge in [0.1, 0.15) is 0 Å². The van der Waals surface area contributed by atoms with Gasteiger partial charge >= 0.3 is 0 Å². The predicted molar refractivity (Wildman–Crippen MR) is 96.3 cm³/mol. The maximum Gasteiger partial charge on any atom is 0.269 e. The van der Waals surface area contributed by atoms with Gasteiger partial charge in [-0.05, 0) is 68.7 Å². The molecule has 5 heteroatoms. The molecule has 0 amide bonds. The number of nitrogens with zero attached hydrogens (tertiary/aromatic N) is 2. The number of allylic oxidation sites excluding steroid dienone is 2. The molecule has 0 spiro atoms. The molecule has 0 saturated heterocycles. The molecule has 1 aromatic heterocycles. The van der Waals surface area contributed by atoms with Gasteiger partial charge < -0.3 is 4.98 Å². The van der Waals surface area contributed by atoms with Crippen LogP contribution < -0.4 is 0 Å². The summed E-state index contributed by atoms with van der Waals surface area (Å²) in [5.74, 6) is 0. The fourth-order valence-corrected chi connectivity index (χ4v) is 3.07. The van der Waals surface area contributed by atoms with E-state index < -0.39 is 0 Å². The first-order valence-corrected chi connectivity index (χ1v) is 7.76. The van der Waals surface area contributed by atoms with E-state index in [9.17, 15) is 10.1 Å². The Hall–Kier alpha value is -2.95. The summed E-state index contributed by atoms with van der Waals surface area (Å²) in [5.41, 5.74) is 8.13. The van der Waals surface area contributed by atoms with Crippen molar-refractivity contribution in [2.45, 2.75) is 27.7 Å². The Balaban J connectivity index is 2.24. The first kappa shape index (κ1) is 15.9. The van der Waals surface area contributed by atoms with E-state index in [1.807, 2.05) is 26.8 Å². The zero-order chi connectivity index (χ0) is 17.4. The number of H-pyrrole nitrogens is 1. The van der Waals surface area contributed by atoms with Crippen LogP contribution in [0.1, 0.15) is 36.4 Å². The normalized spacial score (nSPS) is 16.0. The van der Waals surface area contributed by atoms with Gasteiger partial charge in [0.05, 0.1) is 16.3 Å². The van der Waals surface area contributed by atoms with Gasteiger partial charge in [0.15, 0.2) is 0 Å². The fourth-order valence-electron chi connectivity index (χ4n) is 3.07. The number of nitrogens with one attached hydrogen (secondary N) is 1. The van der Waals surface area contributed by atoms with E-state index in [4.69, 9.17) is 0 Å². The van der Waals surface area contributed by atoms with E-state index in [-0.39, 0.29) is 10.6 Å². The molecular weight excluding hydrogens is 302 g/mol. The van der Waals surface area contributed by atoms with Crippen LogP contribution in [0.3, 0.4) is 0 Å². The maximum absolute atomic E-state index is 10.9. The Morgan fingerprint density at radius 2 is 1.79 bits per heavy atom. The third-order valence-electron chi connectivity index (χ3n) is 4.09. The first-order chi connectivity index (χ1) is 11.4. The van der Waals surface area contributed by atoms with Crippen LogP contribution in [0.25, 0.3) is 5.57 Å². The highest BCUT2D eigenvalue weighted by Gasteiger charge is 2.20. The summed E-state index contributed by atoms with van der Waals surface area (Å²) >= 11 is 0. The number of aromatic nitrogens is 1. The van der Waals surface area contributed by atoms with Gasteiger partial charge in [-0.25, -0.2) is 0 Å². The van der Waals surface area contributed by atoms with Crippen molar-refractivity contribution in [2.75, 3.05) is 0 Å². The van der Waals surface area contributed by atoms with E-state index in [1.54, 1.807) is 12.1 Å². The summed E-state index contributed by atoms with van der Waals surface area (Å²) < 4.78 is 0. The van der Waals surface area contributed by atoms with Crippen molar-refractivity contribution in [3.8, 4) is 0 Å². The minimum Gasteiger partial charge on any atom is -0.358 e. The number of nitro groups is 1. The largest absolute Gasteiger partial charge is 0.358 e. The van der Waals surface area contributed by atoms with Crippen LogP contribution in [0.15, 0.2) is 52.7 Å². The molecule has 0 aliphatic carbocycles. The average molecular weight is 321 g/mol. The van der Waals surface area contributed by atoms with Gasteiger partial charge in [-0.2, -0.15) is 0 Å². The summed E-state index contributed by atoms with van der Waals surface area (Å²) in [4.78, 5) is 18.6. The van der Waals surface area contributed by atoms with Gasteiger partial charge in [0.2, 0.25) is 0 Å². The minimum absolute atomic E-state index is 0.0841. The predicted octanol–water partition coefficient (Wildman–Crippen LogP) is 4.72. The van der Waals surface area contributed by atoms with Gasteiger partial charge in [-0.3, -0.25) is 15.1 Å². The molecule has 0 fully saturated rings. The van der Waals surface area contributed by atoms with E-state index >= 15 is 0 Å². The zero-order valence-corrected chi connectivity index (χ0v) is 14.2. The molecule has 3 rings (SSSR count). The number of non-ortho nitro benzene ring substituents is 1. The molecule has 1 aliphatic rings. The number of hydrogen-bond donors (Lipinski definition) is 1. The van der Waals surface area contributed by atoms with E-state index in [1.165, 1.54) is 12.1 Å². The molecule has 2 heterocycles. The van der Waals surface area contributed by atoms with Crippen LogP contribution in [0.4, 0.5) is 5.69 Å². The molecule has 122 valence electrons. The van der Waals surface area contributed by atoms with Crippen molar-refractivity contribution < 1.29 is 4.92 Å². The Morgan fingerprint density at radius 3 is 2.25 bits per heavy atom. The summed E-state index contributed by atoms with van der Waals surface area (Å²) in [5, 5.41) is 10.9. The van der Waals surface area contributed by atoms with Crippen LogP contribution in [-0.4, -0.2) is 15.6 Å². The standard InChI is InChI=1S/C19H19N3O2/c1-11-9-13(3)20-18(11)17(19-12(2)10-14(4)21-19)15-5-7-16(8-6-15)22(23)24/h5-10,20H,1-4H3/b19-17-. The van der Waals surface area contributed by atoms with Crippen molar-refractivity contribution in [3.05, 3.63) is 80.3 Å². The highest BCUT2D eigenvalue weighted by Crippen LogP contribution is 2.35. The van der Waals surface area contributed by atoms with Crippen LogP contribution in [0.5, 0.6) is 0 Å². The smallest absolute Gasteiger partial charge is 0.269 e. The van der Waals surface area contributed by atoms with Gasteiger partial charge in [0.25, 0.3) is 5.69 Å². The van der Waals surface area contributed by atoms with Crippen molar-refractivity contribution in [1.29, 1.82) is 0 Å². The summed E-state index contributed by atoms with van der Waals surface area (Å²) in [7, 11) is 0. The third kappa shape index (κ3) is 2.80. The lowest BCUT2D eigenvalue weighted by Gasteiger charge is -2.12. The molecule has 1 N–H and O–H groups in total. The van der Waals surface area contributed by atoms with Crippen molar-refractivity contribution >= 4 is 17.0 Å². The molecule has 0 bridgehead atoms. The molecule has 0 unspecified atom stereocenters. The van der Waals surface area contributed by atoms with Gasteiger partial charge in [-0.15, -0.1) is 0 Å². The maximum atomic E-state index is 10.9. The molecule has 24 heavy (non-hydrogen) atoms. The van der Waals surface area contributed by atoms with Crippen LogP contribution in [0, 0.1) is 24.0 Å². The van der Waals surface area contributed by atoms with Crippen molar-refractivity contribution in [1.82, 2.24) is 4.98 Å². The molecule has 1 aromatic carbocycles.